The topological polar surface area (TPSA) is 57.1 Å². The van der Waals surface area contributed by atoms with E-state index in [9.17, 15) is 0 Å². The summed E-state index contributed by atoms with van der Waals surface area (Å²) >= 11 is 0. The molecule has 0 saturated heterocycles. The molecule has 0 bridgehead atoms. The third-order valence-electron chi connectivity index (χ3n) is 11.0. The molecule has 0 fully saturated rings. The lowest BCUT2D eigenvalue weighted by atomic mass is 9.82. The minimum atomic E-state index is -0.149. The van der Waals surface area contributed by atoms with Gasteiger partial charge in [0.1, 0.15) is 0 Å². The fourth-order valence-corrected chi connectivity index (χ4v) is 8.36. The fraction of sp³-hybridized carbons (Fsp3) is 0.0625. The Bertz CT molecular complexity index is 2950. The summed E-state index contributed by atoms with van der Waals surface area (Å²) in [5, 5.41) is 7.26. The highest BCUT2D eigenvalue weighted by molar-refractivity contribution is 6.25. The lowest BCUT2D eigenvalue weighted by molar-refractivity contribution is 0.360. The number of nitrogens with zero attached hydrogens (tertiary/aromatic N) is 3. The number of ether oxygens (including phenoxy) is 2. The van der Waals surface area contributed by atoms with Crippen LogP contribution in [0.1, 0.15) is 25.0 Å². The van der Waals surface area contributed by atoms with Crippen molar-refractivity contribution in [1.29, 1.82) is 0 Å². The summed E-state index contributed by atoms with van der Waals surface area (Å²) in [6.45, 7) is 4.53. The lowest BCUT2D eigenvalue weighted by Gasteiger charge is -2.25. The Labute approximate surface area is 306 Å². The van der Waals surface area contributed by atoms with E-state index < -0.39 is 0 Å². The lowest BCUT2D eigenvalue weighted by Crippen LogP contribution is -2.15. The zero-order valence-electron chi connectivity index (χ0n) is 29.1. The van der Waals surface area contributed by atoms with E-state index in [2.05, 4.69) is 111 Å². The third kappa shape index (κ3) is 4.47. The van der Waals surface area contributed by atoms with Crippen LogP contribution in [0.15, 0.2) is 152 Å². The molecule has 0 unspecified atom stereocenters. The number of benzene rings is 8. The second-order valence-electron chi connectivity index (χ2n) is 14.4. The van der Waals surface area contributed by atoms with Crippen molar-refractivity contribution in [3.05, 3.63) is 163 Å². The van der Waals surface area contributed by atoms with E-state index in [0.717, 1.165) is 33.4 Å². The molecule has 53 heavy (non-hydrogen) atoms. The molecule has 1 aliphatic carbocycles. The molecule has 2 heterocycles. The Morgan fingerprint density at radius 1 is 0.396 bits per heavy atom. The summed E-state index contributed by atoms with van der Waals surface area (Å²) in [6.07, 6.45) is 0. The highest BCUT2D eigenvalue weighted by atomic mass is 16.6. The zero-order valence-corrected chi connectivity index (χ0v) is 29.1. The van der Waals surface area contributed by atoms with Gasteiger partial charge in [0.25, 0.3) is 0 Å². The molecule has 2 aliphatic rings. The summed E-state index contributed by atoms with van der Waals surface area (Å²) in [5.74, 6) is 4.48. The largest absolute Gasteiger partial charge is 0.449 e. The van der Waals surface area contributed by atoms with Gasteiger partial charge < -0.3 is 9.47 Å². The average molecular weight is 682 g/mol. The van der Waals surface area contributed by atoms with E-state index in [4.69, 9.17) is 24.4 Å². The summed E-state index contributed by atoms with van der Waals surface area (Å²) in [5.41, 5.74) is 7.27. The van der Waals surface area contributed by atoms with Gasteiger partial charge in [0.05, 0.1) is 0 Å². The number of rotatable bonds is 3. The summed E-state index contributed by atoms with van der Waals surface area (Å²) in [4.78, 5) is 15.2. The van der Waals surface area contributed by atoms with Gasteiger partial charge in [0.15, 0.2) is 40.5 Å². The Kier molecular flexibility index (Phi) is 6.23. The van der Waals surface area contributed by atoms with Crippen LogP contribution >= 0.6 is 0 Å². The molecule has 8 aromatic carbocycles. The summed E-state index contributed by atoms with van der Waals surface area (Å²) in [7, 11) is 0. The van der Waals surface area contributed by atoms with Gasteiger partial charge in [-0.05, 0) is 79.3 Å². The normalized spacial score (nSPS) is 13.5. The summed E-state index contributed by atoms with van der Waals surface area (Å²) in [6, 6.07) is 52.5. The Hall–Kier alpha value is -6.85. The molecule has 1 aromatic heterocycles. The van der Waals surface area contributed by atoms with E-state index in [-0.39, 0.29) is 5.41 Å². The molecular weight excluding hydrogens is 651 g/mol. The SMILES string of the molecule is CC1(C)c2ccccc2-c2c1ccc1c2Oc2cc(-c3nc(-c4ccccc4)nc(-c4ccc5c6ccccc6c6ccccc6c5c4)n3)ccc2O1. The monoisotopic (exact) mass is 681 g/mol. The van der Waals surface area contributed by atoms with E-state index in [1.807, 2.05) is 54.6 Å². The molecule has 0 N–H and O–H groups in total. The van der Waals surface area contributed by atoms with E-state index in [1.54, 1.807) is 0 Å². The van der Waals surface area contributed by atoms with Crippen molar-refractivity contribution >= 4 is 32.3 Å². The smallest absolute Gasteiger partial charge is 0.178 e. The van der Waals surface area contributed by atoms with Gasteiger partial charge in [0.2, 0.25) is 0 Å². The Morgan fingerprint density at radius 2 is 0.943 bits per heavy atom. The van der Waals surface area contributed by atoms with Crippen molar-refractivity contribution in [2.24, 2.45) is 0 Å². The Balaban J connectivity index is 1.06. The van der Waals surface area contributed by atoms with Crippen LogP contribution in [0.25, 0.3) is 77.6 Å². The molecule has 0 amide bonds. The van der Waals surface area contributed by atoms with Gasteiger partial charge in [-0.15, -0.1) is 0 Å². The number of fused-ring (bicyclic) bond motifs is 12. The van der Waals surface area contributed by atoms with Crippen molar-refractivity contribution < 1.29 is 9.47 Å². The predicted octanol–water partition coefficient (Wildman–Crippen LogP) is 12.5. The first kappa shape index (κ1) is 29.8. The molecule has 5 nitrogen and oxygen atoms in total. The van der Waals surface area contributed by atoms with E-state index >= 15 is 0 Å². The minimum absolute atomic E-state index is 0.149. The molecule has 1 aliphatic heterocycles. The molecule has 0 spiro atoms. The predicted molar refractivity (Wildman–Crippen MR) is 213 cm³/mol. The van der Waals surface area contributed by atoms with Crippen LogP contribution < -0.4 is 9.47 Å². The Morgan fingerprint density at radius 3 is 1.66 bits per heavy atom. The van der Waals surface area contributed by atoms with Crippen LogP contribution in [0.5, 0.6) is 23.0 Å². The quantitative estimate of drug-likeness (QED) is 0.174. The van der Waals surface area contributed by atoms with Crippen molar-refractivity contribution in [1.82, 2.24) is 15.0 Å². The van der Waals surface area contributed by atoms with Crippen molar-refractivity contribution in [2.45, 2.75) is 19.3 Å². The van der Waals surface area contributed by atoms with Gasteiger partial charge in [-0.1, -0.05) is 135 Å². The second-order valence-corrected chi connectivity index (χ2v) is 14.4. The third-order valence-corrected chi connectivity index (χ3v) is 11.0. The maximum atomic E-state index is 6.79. The average Bonchev–Trinajstić information content (AvgIpc) is 3.46. The van der Waals surface area contributed by atoms with Gasteiger partial charge in [0, 0.05) is 27.7 Å². The molecule has 11 rings (SSSR count). The maximum Gasteiger partial charge on any atom is 0.178 e. The van der Waals surface area contributed by atoms with Gasteiger partial charge in [-0.2, -0.15) is 0 Å². The summed E-state index contributed by atoms with van der Waals surface area (Å²) < 4.78 is 13.3. The zero-order chi connectivity index (χ0) is 35.3. The number of hydrogen-bond acceptors (Lipinski definition) is 5. The van der Waals surface area contributed by atoms with Crippen LogP contribution in [0.3, 0.4) is 0 Å². The maximum absolute atomic E-state index is 6.79. The van der Waals surface area contributed by atoms with Crippen molar-refractivity contribution in [2.75, 3.05) is 0 Å². The van der Waals surface area contributed by atoms with E-state index in [1.165, 1.54) is 43.6 Å². The molecule has 0 radical (unpaired) electrons. The van der Waals surface area contributed by atoms with Gasteiger partial charge in [-0.25, -0.2) is 15.0 Å². The molecular formula is C48H31N3O2. The highest BCUT2D eigenvalue weighted by Gasteiger charge is 2.39. The first-order valence-electron chi connectivity index (χ1n) is 17.9. The van der Waals surface area contributed by atoms with E-state index in [0.29, 0.717) is 34.7 Å². The van der Waals surface area contributed by atoms with Gasteiger partial charge in [-0.3, -0.25) is 0 Å². The van der Waals surface area contributed by atoms with Crippen molar-refractivity contribution in [3.63, 3.8) is 0 Å². The molecule has 0 saturated carbocycles. The second kappa shape index (κ2) is 11.1. The van der Waals surface area contributed by atoms with Crippen LogP contribution in [0, 0.1) is 0 Å². The van der Waals surface area contributed by atoms with Crippen LogP contribution in [-0.4, -0.2) is 15.0 Å². The fourth-order valence-electron chi connectivity index (χ4n) is 8.36. The first-order chi connectivity index (χ1) is 26.0. The molecule has 5 heteroatoms. The van der Waals surface area contributed by atoms with Crippen LogP contribution in [-0.2, 0) is 5.41 Å². The van der Waals surface area contributed by atoms with Crippen molar-refractivity contribution in [3.8, 4) is 68.3 Å². The minimum Gasteiger partial charge on any atom is -0.449 e. The highest BCUT2D eigenvalue weighted by Crippen LogP contribution is 2.58. The molecule has 9 aromatic rings. The van der Waals surface area contributed by atoms with Gasteiger partial charge >= 0.3 is 0 Å². The first-order valence-corrected chi connectivity index (χ1v) is 17.9. The standard InChI is InChI=1S/C48H31N3O2/c1-48(2)38-19-11-10-18-36(38)43-39(48)23-25-41-44(43)53-42-27-30(21-24-40(42)52-41)47-50-45(28-12-4-3-5-13-28)49-46(51-47)29-20-22-35-33-16-7-6-14-31(33)32-15-8-9-17-34(32)37(35)26-29/h3-27H,1-2H3. The molecule has 0 atom stereocenters. The number of aromatic nitrogens is 3. The van der Waals surface area contributed by atoms with Crippen LogP contribution in [0.4, 0.5) is 0 Å². The number of hydrogen-bond donors (Lipinski definition) is 0. The molecule has 250 valence electrons. The van der Waals surface area contributed by atoms with Crippen LogP contribution in [0.2, 0.25) is 0 Å².